The van der Waals surface area contributed by atoms with E-state index in [4.69, 9.17) is 4.74 Å². The summed E-state index contributed by atoms with van der Waals surface area (Å²) in [5.41, 5.74) is 3.18. The Balaban J connectivity index is 1.67. The highest BCUT2D eigenvalue weighted by atomic mass is 16.5. The van der Waals surface area contributed by atoms with Crippen molar-refractivity contribution < 1.29 is 19.1 Å². The molecule has 1 aliphatic rings. The molecule has 0 bridgehead atoms. The molecule has 0 saturated carbocycles. The molecule has 1 atom stereocenters. The summed E-state index contributed by atoms with van der Waals surface area (Å²) in [5.74, 6) is -1.24. The lowest BCUT2D eigenvalue weighted by Crippen LogP contribution is -2.15. The Hall–Kier alpha value is -3.15. The molecule has 0 spiro atoms. The zero-order valence-corrected chi connectivity index (χ0v) is 14.9. The molecule has 6 nitrogen and oxygen atoms in total. The largest absolute Gasteiger partial charge is 0.454 e. The van der Waals surface area contributed by atoms with Crippen molar-refractivity contribution in [1.82, 2.24) is 0 Å². The van der Waals surface area contributed by atoms with Gasteiger partial charge in [-0.2, -0.15) is 0 Å². The zero-order valence-electron chi connectivity index (χ0n) is 14.9. The second-order valence-electron chi connectivity index (χ2n) is 6.46. The third-order valence-corrected chi connectivity index (χ3v) is 4.42. The lowest BCUT2D eigenvalue weighted by atomic mass is 9.99. The van der Waals surface area contributed by atoms with Gasteiger partial charge in [0.05, 0.1) is 11.5 Å². The number of fused-ring (bicyclic) bond motifs is 1. The molecule has 0 fully saturated rings. The summed E-state index contributed by atoms with van der Waals surface area (Å²) >= 11 is 0. The van der Waals surface area contributed by atoms with E-state index in [0.29, 0.717) is 11.1 Å². The van der Waals surface area contributed by atoms with Crippen LogP contribution in [0.15, 0.2) is 42.5 Å². The molecular weight excluding hydrogens is 332 g/mol. The van der Waals surface area contributed by atoms with Gasteiger partial charge in [-0.05, 0) is 48.9 Å². The van der Waals surface area contributed by atoms with Gasteiger partial charge in [-0.1, -0.05) is 6.07 Å². The van der Waals surface area contributed by atoms with Crippen LogP contribution in [-0.2, 0) is 9.53 Å². The molecule has 3 rings (SSSR count). The number of carbonyl (C=O) groups is 3. The van der Waals surface area contributed by atoms with Crippen LogP contribution in [0, 0.1) is 0 Å². The summed E-state index contributed by atoms with van der Waals surface area (Å²) in [6.07, 6.45) is 0. The third-order valence-electron chi connectivity index (χ3n) is 4.42. The van der Waals surface area contributed by atoms with E-state index in [2.05, 4.69) is 5.32 Å². The first-order chi connectivity index (χ1) is 12.4. The molecule has 1 amide bonds. The topological polar surface area (TPSA) is 75.7 Å². The van der Waals surface area contributed by atoms with Crippen LogP contribution < -0.4 is 10.2 Å². The Labute approximate surface area is 151 Å². The fourth-order valence-corrected chi connectivity index (χ4v) is 2.80. The van der Waals surface area contributed by atoms with Crippen LogP contribution in [-0.4, -0.2) is 38.4 Å². The van der Waals surface area contributed by atoms with Crippen LogP contribution in [0.4, 0.5) is 11.4 Å². The fourth-order valence-electron chi connectivity index (χ4n) is 2.80. The highest BCUT2D eigenvalue weighted by molar-refractivity contribution is 6.05. The van der Waals surface area contributed by atoms with Crippen LogP contribution in [0.2, 0.25) is 0 Å². The molecule has 2 aromatic rings. The van der Waals surface area contributed by atoms with Crippen LogP contribution in [0.1, 0.15) is 39.1 Å². The number of esters is 1. The van der Waals surface area contributed by atoms with Crippen molar-refractivity contribution >= 4 is 29.0 Å². The van der Waals surface area contributed by atoms with E-state index in [0.717, 1.165) is 16.9 Å². The number of benzene rings is 2. The highest BCUT2D eigenvalue weighted by Crippen LogP contribution is 2.32. The number of hydrogen-bond acceptors (Lipinski definition) is 5. The molecule has 0 aliphatic carbocycles. The van der Waals surface area contributed by atoms with Gasteiger partial charge in [0.2, 0.25) is 5.91 Å². The average molecular weight is 352 g/mol. The molecule has 1 N–H and O–H groups in total. The molecule has 0 aromatic heterocycles. The maximum absolute atomic E-state index is 12.4. The average Bonchev–Trinajstić information content (AvgIpc) is 2.93. The molecule has 0 radical (unpaired) electrons. The number of carbonyl (C=O) groups excluding carboxylic acids is 3. The summed E-state index contributed by atoms with van der Waals surface area (Å²) in [6.45, 7) is 1.44. The third kappa shape index (κ3) is 3.44. The molecule has 2 aromatic carbocycles. The van der Waals surface area contributed by atoms with E-state index < -0.39 is 5.97 Å². The summed E-state index contributed by atoms with van der Waals surface area (Å²) in [4.78, 5) is 38.1. The van der Waals surface area contributed by atoms with Crippen LogP contribution >= 0.6 is 0 Å². The van der Waals surface area contributed by atoms with Crippen molar-refractivity contribution in [2.75, 3.05) is 30.9 Å². The minimum Gasteiger partial charge on any atom is -0.454 e. The van der Waals surface area contributed by atoms with Crippen LogP contribution in [0.25, 0.3) is 0 Å². The summed E-state index contributed by atoms with van der Waals surface area (Å²) in [7, 11) is 3.75. The smallest absolute Gasteiger partial charge is 0.338 e. The van der Waals surface area contributed by atoms with Crippen LogP contribution in [0.3, 0.4) is 0 Å². The zero-order chi connectivity index (χ0) is 18.8. The van der Waals surface area contributed by atoms with Crippen molar-refractivity contribution in [3.8, 4) is 0 Å². The lowest BCUT2D eigenvalue weighted by molar-refractivity contribution is -0.116. The normalized spacial score (nSPS) is 15.2. The van der Waals surface area contributed by atoms with E-state index in [-0.39, 0.29) is 24.2 Å². The number of amides is 1. The molecule has 1 aliphatic heterocycles. The standard InChI is InChI=1S/C20H20N2O4/c1-12-16-10-13(7-8-17(16)21-19(12)24)18(23)11-26-20(25)14-5-4-6-15(9-14)22(2)3/h4-10,12H,11H2,1-3H3,(H,21,24)/t12-/m1/s1. The number of rotatable bonds is 5. The minimum atomic E-state index is -0.548. The number of anilines is 2. The maximum atomic E-state index is 12.4. The quantitative estimate of drug-likeness (QED) is 0.661. The van der Waals surface area contributed by atoms with Crippen molar-refractivity contribution in [2.24, 2.45) is 0 Å². The summed E-state index contributed by atoms with van der Waals surface area (Å²) in [6, 6.07) is 12.0. The fraction of sp³-hybridized carbons (Fsp3) is 0.250. The minimum absolute atomic E-state index is 0.0863. The second kappa shape index (κ2) is 7.00. The number of nitrogens with zero attached hydrogens (tertiary/aromatic N) is 1. The van der Waals surface area contributed by atoms with Gasteiger partial charge in [0, 0.05) is 31.0 Å². The van der Waals surface area contributed by atoms with Gasteiger partial charge >= 0.3 is 5.97 Å². The Kier molecular flexibility index (Phi) is 4.75. The highest BCUT2D eigenvalue weighted by Gasteiger charge is 2.27. The first-order valence-electron chi connectivity index (χ1n) is 8.29. The number of hydrogen-bond donors (Lipinski definition) is 1. The maximum Gasteiger partial charge on any atom is 0.338 e. The summed E-state index contributed by atoms with van der Waals surface area (Å²) in [5, 5.41) is 2.76. The predicted octanol–water partition coefficient (Wildman–Crippen LogP) is 2.85. The summed E-state index contributed by atoms with van der Waals surface area (Å²) < 4.78 is 5.16. The number of Topliss-reactive ketones (excluding diaryl/α,β-unsaturated/α-hetero) is 1. The number of nitrogens with one attached hydrogen (secondary N) is 1. The van der Waals surface area contributed by atoms with E-state index in [1.807, 2.05) is 25.1 Å². The lowest BCUT2D eigenvalue weighted by Gasteiger charge is -2.13. The van der Waals surface area contributed by atoms with E-state index in [9.17, 15) is 14.4 Å². The molecular formula is C20H20N2O4. The Bertz CT molecular complexity index is 889. The predicted molar refractivity (Wildman–Crippen MR) is 98.9 cm³/mol. The van der Waals surface area contributed by atoms with E-state index in [1.165, 1.54) is 0 Å². The van der Waals surface area contributed by atoms with Crippen molar-refractivity contribution in [3.63, 3.8) is 0 Å². The Morgan fingerprint density at radius 2 is 1.88 bits per heavy atom. The van der Waals surface area contributed by atoms with E-state index in [1.54, 1.807) is 43.3 Å². The van der Waals surface area contributed by atoms with Gasteiger partial charge in [-0.25, -0.2) is 4.79 Å². The second-order valence-corrected chi connectivity index (χ2v) is 6.46. The first kappa shape index (κ1) is 17.7. The van der Waals surface area contributed by atoms with Gasteiger partial charge in [0.1, 0.15) is 0 Å². The Morgan fingerprint density at radius 3 is 2.62 bits per heavy atom. The van der Waals surface area contributed by atoms with Gasteiger partial charge in [0.15, 0.2) is 12.4 Å². The monoisotopic (exact) mass is 352 g/mol. The number of ether oxygens (including phenoxy) is 1. The van der Waals surface area contributed by atoms with Gasteiger partial charge < -0.3 is 15.0 Å². The molecule has 6 heteroatoms. The van der Waals surface area contributed by atoms with Gasteiger partial charge in [-0.3, -0.25) is 9.59 Å². The molecule has 0 unspecified atom stereocenters. The molecule has 0 saturated heterocycles. The SMILES string of the molecule is C[C@H]1C(=O)Nc2ccc(C(=O)COC(=O)c3cccc(N(C)C)c3)cc21. The van der Waals surface area contributed by atoms with Crippen LogP contribution in [0.5, 0.6) is 0 Å². The first-order valence-corrected chi connectivity index (χ1v) is 8.29. The van der Waals surface area contributed by atoms with Gasteiger partial charge in [-0.15, -0.1) is 0 Å². The Morgan fingerprint density at radius 1 is 1.12 bits per heavy atom. The van der Waals surface area contributed by atoms with E-state index >= 15 is 0 Å². The van der Waals surface area contributed by atoms with Crippen molar-refractivity contribution in [3.05, 3.63) is 59.2 Å². The van der Waals surface area contributed by atoms with Crippen molar-refractivity contribution in [1.29, 1.82) is 0 Å². The van der Waals surface area contributed by atoms with Crippen molar-refractivity contribution in [2.45, 2.75) is 12.8 Å². The number of ketones is 1. The molecule has 26 heavy (non-hydrogen) atoms. The van der Waals surface area contributed by atoms with Gasteiger partial charge in [0.25, 0.3) is 0 Å². The molecule has 1 heterocycles. The molecule has 134 valence electrons.